The molecule has 5 nitrogen and oxygen atoms in total. The molecule has 0 aliphatic rings. The molecule has 0 aliphatic carbocycles. The second kappa shape index (κ2) is 9.21. The summed E-state index contributed by atoms with van der Waals surface area (Å²) in [5.74, 6) is 1.20. The molecule has 2 aromatic carbocycles. The lowest BCUT2D eigenvalue weighted by atomic mass is 9.92. The van der Waals surface area contributed by atoms with Gasteiger partial charge in [-0.25, -0.2) is 0 Å². The largest absolute Gasteiger partial charge is 0.497 e. The van der Waals surface area contributed by atoms with E-state index in [2.05, 4.69) is 33.0 Å². The SMILES string of the molecule is COc1ccc(OCC(=O)Nc2c(C(C)C)cccc2C(C)C)c(C=O)c1. The van der Waals surface area contributed by atoms with E-state index >= 15 is 0 Å². The van der Waals surface area contributed by atoms with Gasteiger partial charge in [0.05, 0.1) is 12.7 Å². The van der Waals surface area contributed by atoms with Crippen LogP contribution in [-0.4, -0.2) is 25.9 Å². The van der Waals surface area contributed by atoms with E-state index in [9.17, 15) is 9.59 Å². The Kier molecular flexibility index (Phi) is 6.99. The summed E-state index contributed by atoms with van der Waals surface area (Å²) in [7, 11) is 1.52. The number of nitrogens with one attached hydrogen (secondary N) is 1. The summed E-state index contributed by atoms with van der Waals surface area (Å²) in [5, 5.41) is 3.00. The Morgan fingerprint density at radius 2 is 1.70 bits per heavy atom. The zero-order chi connectivity index (χ0) is 20.0. The first-order valence-corrected chi connectivity index (χ1v) is 9.06. The molecule has 144 valence electrons. The van der Waals surface area contributed by atoms with Gasteiger partial charge in [-0.05, 0) is 41.2 Å². The first-order chi connectivity index (χ1) is 12.9. The normalized spacial score (nSPS) is 10.8. The van der Waals surface area contributed by atoms with E-state index in [0.29, 0.717) is 23.3 Å². The lowest BCUT2D eigenvalue weighted by Gasteiger charge is -2.20. The van der Waals surface area contributed by atoms with Gasteiger partial charge in [-0.15, -0.1) is 0 Å². The van der Waals surface area contributed by atoms with Gasteiger partial charge in [0.2, 0.25) is 0 Å². The maximum absolute atomic E-state index is 12.5. The Hall–Kier alpha value is -2.82. The van der Waals surface area contributed by atoms with Crippen molar-refractivity contribution in [3.05, 3.63) is 53.1 Å². The summed E-state index contributed by atoms with van der Waals surface area (Å²) < 4.78 is 10.7. The van der Waals surface area contributed by atoms with E-state index in [0.717, 1.165) is 16.8 Å². The lowest BCUT2D eigenvalue weighted by molar-refractivity contribution is -0.118. The number of aldehydes is 1. The number of hydrogen-bond donors (Lipinski definition) is 1. The topological polar surface area (TPSA) is 64.6 Å². The minimum atomic E-state index is -0.266. The molecular formula is C22H27NO4. The van der Waals surface area contributed by atoms with Gasteiger partial charge in [-0.3, -0.25) is 9.59 Å². The van der Waals surface area contributed by atoms with Crippen LogP contribution in [0.3, 0.4) is 0 Å². The maximum Gasteiger partial charge on any atom is 0.262 e. The van der Waals surface area contributed by atoms with Crippen molar-refractivity contribution in [2.24, 2.45) is 0 Å². The first kappa shape index (κ1) is 20.5. The fourth-order valence-electron chi connectivity index (χ4n) is 2.89. The van der Waals surface area contributed by atoms with Crippen LogP contribution in [0.15, 0.2) is 36.4 Å². The molecular weight excluding hydrogens is 342 g/mol. The Morgan fingerprint density at radius 1 is 1.07 bits per heavy atom. The molecule has 0 atom stereocenters. The van der Waals surface area contributed by atoms with E-state index in [4.69, 9.17) is 9.47 Å². The van der Waals surface area contributed by atoms with Crippen LogP contribution in [-0.2, 0) is 4.79 Å². The fourth-order valence-corrected chi connectivity index (χ4v) is 2.89. The fraction of sp³-hybridized carbons (Fsp3) is 0.364. The summed E-state index contributed by atoms with van der Waals surface area (Å²) in [5.41, 5.74) is 3.37. The number of methoxy groups -OCH3 is 1. The van der Waals surface area contributed by atoms with Gasteiger partial charge in [0.25, 0.3) is 5.91 Å². The minimum absolute atomic E-state index is 0.183. The second-order valence-corrected chi connectivity index (χ2v) is 6.98. The highest BCUT2D eigenvalue weighted by Gasteiger charge is 2.16. The number of ether oxygens (including phenoxy) is 2. The van der Waals surface area contributed by atoms with Crippen molar-refractivity contribution in [3.63, 3.8) is 0 Å². The van der Waals surface area contributed by atoms with Gasteiger partial charge in [0, 0.05) is 5.69 Å². The number of amides is 1. The van der Waals surface area contributed by atoms with Crippen molar-refractivity contribution in [1.29, 1.82) is 0 Å². The molecule has 0 spiro atoms. The highest BCUT2D eigenvalue weighted by Crippen LogP contribution is 2.32. The number of para-hydroxylation sites is 1. The zero-order valence-electron chi connectivity index (χ0n) is 16.5. The van der Waals surface area contributed by atoms with E-state index < -0.39 is 0 Å². The third-order valence-electron chi connectivity index (χ3n) is 4.34. The highest BCUT2D eigenvalue weighted by molar-refractivity contribution is 5.94. The van der Waals surface area contributed by atoms with Gasteiger partial charge in [-0.1, -0.05) is 45.9 Å². The maximum atomic E-state index is 12.5. The number of carbonyl (C=O) groups is 2. The van der Waals surface area contributed by atoms with Crippen molar-refractivity contribution in [3.8, 4) is 11.5 Å². The lowest BCUT2D eigenvalue weighted by Crippen LogP contribution is -2.22. The van der Waals surface area contributed by atoms with Gasteiger partial charge in [-0.2, -0.15) is 0 Å². The third kappa shape index (κ3) is 5.09. The van der Waals surface area contributed by atoms with Crippen LogP contribution in [0, 0.1) is 0 Å². The molecule has 2 aromatic rings. The van der Waals surface area contributed by atoms with E-state index in [1.807, 2.05) is 18.2 Å². The molecule has 0 unspecified atom stereocenters. The molecule has 1 N–H and O–H groups in total. The van der Waals surface area contributed by atoms with Crippen molar-refractivity contribution in [2.45, 2.75) is 39.5 Å². The predicted molar refractivity (Wildman–Crippen MR) is 107 cm³/mol. The monoisotopic (exact) mass is 369 g/mol. The predicted octanol–water partition coefficient (Wildman–Crippen LogP) is 4.77. The van der Waals surface area contributed by atoms with Crippen LogP contribution in [0.4, 0.5) is 5.69 Å². The number of carbonyl (C=O) groups excluding carboxylic acids is 2. The average molecular weight is 369 g/mol. The third-order valence-corrected chi connectivity index (χ3v) is 4.34. The molecule has 5 heteroatoms. The van der Waals surface area contributed by atoms with Crippen LogP contribution < -0.4 is 14.8 Å². The molecule has 27 heavy (non-hydrogen) atoms. The Balaban J connectivity index is 2.16. The van der Waals surface area contributed by atoms with Gasteiger partial charge < -0.3 is 14.8 Å². The van der Waals surface area contributed by atoms with Crippen molar-refractivity contribution >= 4 is 17.9 Å². The minimum Gasteiger partial charge on any atom is -0.497 e. The molecule has 0 aliphatic heterocycles. The molecule has 0 aromatic heterocycles. The van der Waals surface area contributed by atoms with E-state index in [1.165, 1.54) is 7.11 Å². The molecule has 0 bridgehead atoms. The summed E-state index contributed by atoms with van der Waals surface area (Å²) >= 11 is 0. The Bertz CT molecular complexity index is 786. The van der Waals surface area contributed by atoms with Crippen LogP contribution in [0.5, 0.6) is 11.5 Å². The molecule has 0 radical (unpaired) electrons. The quantitative estimate of drug-likeness (QED) is 0.681. The number of rotatable bonds is 8. The van der Waals surface area contributed by atoms with Gasteiger partial charge in [0.15, 0.2) is 12.9 Å². The van der Waals surface area contributed by atoms with Gasteiger partial charge in [0.1, 0.15) is 11.5 Å². The number of benzene rings is 2. The molecule has 0 heterocycles. The summed E-state index contributed by atoms with van der Waals surface area (Å²) in [6.07, 6.45) is 0.681. The molecule has 1 amide bonds. The van der Waals surface area contributed by atoms with Gasteiger partial charge >= 0.3 is 0 Å². The average Bonchev–Trinajstić information content (AvgIpc) is 2.65. The number of anilines is 1. The first-order valence-electron chi connectivity index (χ1n) is 9.06. The molecule has 0 saturated heterocycles. The molecule has 0 fully saturated rings. The Labute approximate surface area is 160 Å². The molecule has 2 rings (SSSR count). The van der Waals surface area contributed by atoms with Crippen LogP contribution >= 0.6 is 0 Å². The van der Waals surface area contributed by atoms with Crippen molar-refractivity contribution < 1.29 is 19.1 Å². The van der Waals surface area contributed by atoms with Crippen LogP contribution in [0.25, 0.3) is 0 Å². The summed E-state index contributed by atoms with van der Waals surface area (Å²) in [6, 6.07) is 11.0. The number of hydrogen-bond acceptors (Lipinski definition) is 4. The smallest absolute Gasteiger partial charge is 0.262 e. The van der Waals surface area contributed by atoms with Crippen molar-refractivity contribution in [1.82, 2.24) is 0 Å². The zero-order valence-corrected chi connectivity index (χ0v) is 16.5. The van der Waals surface area contributed by atoms with Crippen LogP contribution in [0.1, 0.15) is 61.0 Å². The summed E-state index contributed by atoms with van der Waals surface area (Å²) in [4.78, 5) is 23.7. The highest BCUT2D eigenvalue weighted by atomic mass is 16.5. The van der Waals surface area contributed by atoms with E-state index in [-0.39, 0.29) is 24.3 Å². The molecule has 0 saturated carbocycles. The second-order valence-electron chi connectivity index (χ2n) is 6.98. The van der Waals surface area contributed by atoms with E-state index in [1.54, 1.807) is 18.2 Å². The standard InChI is InChI=1S/C22H27NO4/c1-14(2)18-7-6-8-19(15(3)4)22(18)23-21(25)13-27-20-10-9-17(26-5)11-16(20)12-24/h6-12,14-15H,13H2,1-5H3,(H,23,25). The Morgan fingerprint density at radius 3 is 2.22 bits per heavy atom. The van der Waals surface area contributed by atoms with Crippen LogP contribution in [0.2, 0.25) is 0 Å². The summed E-state index contributed by atoms with van der Waals surface area (Å²) in [6.45, 7) is 8.20. The van der Waals surface area contributed by atoms with Crippen molar-refractivity contribution in [2.75, 3.05) is 19.0 Å².